The molecule has 0 bridgehead atoms. The van der Waals surface area contributed by atoms with Crippen molar-refractivity contribution in [2.24, 2.45) is 0 Å². The summed E-state index contributed by atoms with van der Waals surface area (Å²) in [6.07, 6.45) is 0. The van der Waals surface area contributed by atoms with Crippen molar-refractivity contribution in [3.05, 3.63) is 100 Å². The molecular formula is C66H54. The molecule has 0 heterocycles. The summed E-state index contributed by atoms with van der Waals surface area (Å²) in [5, 5.41) is 45.5. The van der Waals surface area contributed by atoms with Gasteiger partial charge in [-0.2, -0.15) is 0 Å². The van der Waals surface area contributed by atoms with Gasteiger partial charge >= 0.3 is 0 Å². The highest BCUT2D eigenvalue weighted by molar-refractivity contribution is 6.65. The maximum Gasteiger partial charge on any atom is -0.0000135 e. The molecule has 0 saturated carbocycles. The third kappa shape index (κ3) is 3.08. The summed E-state index contributed by atoms with van der Waals surface area (Å²) in [7, 11) is 0. The average Bonchev–Trinajstić information content (AvgIpc) is 3.29. The van der Waals surface area contributed by atoms with Crippen LogP contribution >= 0.6 is 0 Å². The molecule has 0 atom stereocenters. The molecule has 0 aliphatic carbocycles. The van der Waals surface area contributed by atoms with Crippen LogP contribution < -0.4 is 0 Å². The highest BCUT2D eigenvalue weighted by Crippen LogP contribution is 2.66. The van der Waals surface area contributed by atoms with Crippen LogP contribution in [0.3, 0.4) is 0 Å². The molecule has 0 aromatic heterocycles. The summed E-state index contributed by atoms with van der Waals surface area (Å²) in [6, 6.07) is 0. The highest BCUT2D eigenvalue weighted by Gasteiger charge is 2.39. The van der Waals surface area contributed by atoms with Crippen molar-refractivity contribution in [3.8, 4) is 0 Å². The quantitative estimate of drug-likeness (QED) is 0.105. The Labute approximate surface area is 384 Å². The minimum atomic E-state index is 1.45. The van der Waals surface area contributed by atoms with Crippen LogP contribution in [0.4, 0.5) is 0 Å². The molecule has 0 heteroatoms. The monoisotopic (exact) mass is 846 g/mol. The zero-order valence-electron chi connectivity index (χ0n) is 42.0. The van der Waals surface area contributed by atoms with E-state index in [0.717, 1.165) is 0 Å². The van der Waals surface area contributed by atoms with Crippen LogP contribution in [-0.2, 0) is 0 Å². The van der Waals surface area contributed by atoms with Gasteiger partial charge in [0.2, 0.25) is 0 Å². The second-order valence-corrected chi connectivity index (χ2v) is 22.5. The van der Waals surface area contributed by atoms with E-state index < -0.39 is 0 Å². The second kappa shape index (κ2) is 10.3. The Kier molecular flexibility index (Phi) is 5.78. The molecule has 16 aromatic carbocycles. The zero-order valence-corrected chi connectivity index (χ0v) is 42.0. The molecule has 0 spiro atoms. The van der Waals surface area contributed by atoms with Crippen LogP contribution in [0.1, 0.15) is 100 Å². The Bertz CT molecular complexity index is 4200. The third-order valence-corrected chi connectivity index (χ3v) is 20.8. The first-order chi connectivity index (χ1) is 31.4. The fourth-order valence-electron chi connectivity index (χ4n) is 17.1. The van der Waals surface area contributed by atoms with Crippen LogP contribution in [0.5, 0.6) is 0 Å². The van der Waals surface area contributed by atoms with Gasteiger partial charge in [0.1, 0.15) is 0 Å². The van der Waals surface area contributed by atoms with Crippen LogP contribution in [0.15, 0.2) is 0 Å². The molecule has 0 aliphatic rings. The lowest BCUT2D eigenvalue weighted by Gasteiger charge is -2.36. The summed E-state index contributed by atoms with van der Waals surface area (Å²) < 4.78 is 0. The lowest BCUT2D eigenvalue weighted by molar-refractivity contribution is 1.33. The number of hydrogen-bond donors (Lipinski definition) is 0. The molecular weight excluding hydrogens is 793 g/mol. The summed E-state index contributed by atoms with van der Waals surface area (Å²) in [5.41, 5.74) is 26.2. The molecule has 0 nitrogen and oxygen atoms in total. The Morgan fingerprint density at radius 2 is 0.136 bits per heavy atom. The first-order valence-electron chi connectivity index (χ1n) is 24.8. The minimum absolute atomic E-state index is 1.45. The van der Waals surface area contributed by atoms with Gasteiger partial charge < -0.3 is 0 Å². The maximum atomic E-state index is 2.48. The first kappa shape index (κ1) is 36.9. The van der Waals surface area contributed by atoms with E-state index in [-0.39, 0.29) is 0 Å². The standard InChI is InChI=1S/C66H54/c1-19-20(2)38-26(8)32(14)44-46-34(16)28(10)40-23(5)24(6)42-30(12)36(18)48-47-35(17)29(11)41-22(4)21(3)39-27(9)33(15)45-43-31(13)25(7)37(19)49-50(38)56(44)62-61(55(43)49)63-57(45)51(39)52(41)59(47)65(63)66-60(48)54(42)53(40)58(46)64(62)66/h1-18H3. The van der Waals surface area contributed by atoms with Crippen LogP contribution in [0, 0.1) is 125 Å². The zero-order chi connectivity index (χ0) is 45.7. The second-order valence-electron chi connectivity index (χ2n) is 22.5. The largest absolute Gasteiger partial charge is 0.0394 e. The van der Waals surface area contributed by atoms with Crippen molar-refractivity contribution >= 4 is 162 Å². The van der Waals surface area contributed by atoms with Crippen LogP contribution in [0.25, 0.3) is 162 Å². The van der Waals surface area contributed by atoms with Crippen LogP contribution in [0.2, 0.25) is 0 Å². The molecule has 0 unspecified atom stereocenters. The van der Waals surface area contributed by atoms with Gasteiger partial charge in [0, 0.05) is 0 Å². The lowest BCUT2D eigenvalue weighted by atomic mass is 9.67. The molecule has 0 amide bonds. The van der Waals surface area contributed by atoms with Gasteiger partial charge in [-0.15, -0.1) is 0 Å². The van der Waals surface area contributed by atoms with Crippen molar-refractivity contribution in [1.29, 1.82) is 0 Å². The molecule has 0 radical (unpaired) electrons. The van der Waals surface area contributed by atoms with Crippen LogP contribution in [-0.4, -0.2) is 0 Å². The summed E-state index contributed by atoms with van der Waals surface area (Å²) in [4.78, 5) is 0. The number of fused-ring (bicyclic) bond motifs is 3. The number of hydrogen-bond acceptors (Lipinski definition) is 0. The molecule has 16 rings (SSSR count). The highest BCUT2D eigenvalue weighted by atomic mass is 14.4. The van der Waals surface area contributed by atoms with Gasteiger partial charge in [0.05, 0.1) is 0 Å². The van der Waals surface area contributed by atoms with E-state index in [4.69, 9.17) is 0 Å². The molecule has 318 valence electrons. The minimum Gasteiger partial charge on any atom is -0.0394 e. The van der Waals surface area contributed by atoms with Gasteiger partial charge in [-0.1, -0.05) is 0 Å². The Balaban J connectivity index is 1.50. The maximum absolute atomic E-state index is 2.48. The van der Waals surface area contributed by atoms with E-state index >= 15 is 0 Å². The van der Waals surface area contributed by atoms with E-state index in [0.29, 0.717) is 0 Å². The van der Waals surface area contributed by atoms with Crippen molar-refractivity contribution in [3.63, 3.8) is 0 Å². The van der Waals surface area contributed by atoms with Gasteiger partial charge in [0.15, 0.2) is 0 Å². The van der Waals surface area contributed by atoms with E-state index in [9.17, 15) is 0 Å². The Morgan fingerprint density at radius 1 is 0.0758 bits per heavy atom. The predicted octanol–water partition coefficient (Wildman–Crippen LogP) is 19.5. The number of rotatable bonds is 0. The summed E-state index contributed by atoms with van der Waals surface area (Å²) in [6.45, 7) is 44.3. The van der Waals surface area contributed by atoms with Gasteiger partial charge in [-0.05, 0) is 386 Å². The smallest absolute Gasteiger partial charge is 0.0000135 e. The van der Waals surface area contributed by atoms with Gasteiger partial charge in [-0.3, -0.25) is 0 Å². The Morgan fingerprint density at radius 3 is 0.242 bits per heavy atom. The summed E-state index contributed by atoms with van der Waals surface area (Å²) in [5.74, 6) is 0. The SMILES string of the molecule is Cc1c(C)c2c(C)c(C)c3c4c(C)c(C)c5c(C)c(C)c6c(C)c(C)c7c8c(C)c(C)c9c(C)c(C)c%10c(C)c(C)c%11c%12c(C)c(C)c1c1c2c3c2c(c%121)c1c%11c%10c9c8c1c1c7c6c5c4c21. The van der Waals surface area contributed by atoms with Gasteiger partial charge in [0.25, 0.3) is 0 Å². The average molecular weight is 847 g/mol. The molecule has 0 fully saturated rings. The molecule has 0 aliphatic heterocycles. The van der Waals surface area contributed by atoms with E-state index in [1.165, 1.54) is 229 Å². The number of aryl methyl sites for hydroxylation is 18. The van der Waals surface area contributed by atoms with Crippen molar-refractivity contribution < 1.29 is 0 Å². The third-order valence-electron chi connectivity index (χ3n) is 20.8. The fraction of sp³-hybridized carbons (Fsp3) is 0.273. The summed E-state index contributed by atoms with van der Waals surface area (Å²) >= 11 is 0. The van der Waals surface area contributed by atoms with E-state index in [1.807, 2.05) is 0 Å². The number of benzene rings is 16. The van der Waals surface area contributed by atoms with E-state index in [1.54, 1.807) is 32.3 Å². The van der Waals surface area contributed by atoms with Gasteiger partial charge in [-0.25, -0.2) is 0 Å². The Hall–Kier alpha value is -6.24. The van der Waals surface area contributed by atoms with Crippen molar-refractivity contribution in [2.75, 3.05) is 0 Å². The normalized spacial score (nSPS) is 13.9. The van der Waals surface area contributed by atoms with E-state index in [2.05, 4.69) is 125 Å². The first-order valence-corrected chi connectivity index (χ1v) is 24.8. The molecule has 66 heavy (non-hydrogen) atoms. The molecule has 0 N–H and O–H groups in total. The molecule has 16 aromatic rings. The lowest BCUT2D eigenvalue weighted by Crippen LogP contribution is -2.09. The molecule has 0 saturated heterocycles. The predicted molar refractivity (Wildman–Crippen MR) is 295 cm³/mol. The van der Waals surface area contributed by atoms with Crippen molar-refractivity contribution in [1.82, 2.24) is 0 Å². The van der Waals surface area contributed by atoms with Crippen molar-refractivity contribution in [2.45, 2.75) is 125 Å². The fourth-order valence-corrected chi connectivity index (χ4v) is 17.1. The topological polar surface area (TPSA) is 0 Å².